The first-order chi connectivity index (χ1) is 7.08. The topological polar surface area (TPSA) is 12.9 Å². The molecule has 1 atom stereocenters. The van der Waals surface area contributed by atoms with E-state index in [1.807, 2.05) is 19.9 Å². The van der Waals surface area contributed by atoms with E-state index < -0.39 is 0 Å². The normalized spacial score (nSPS) is 9.33. The van der Waals surface area contributed by atoms with Crippen molar-refractivity contribution >= 4 is 25.9 Å². The lowest BCUT2D eigenvalue weighted by Gasteiger charge is -1.87. The molecule has 1 aromatic carbocycles. The maximum Gasteiger partial charge on any atom is 0.123 e. The highest BCUT2D eigenvalue weighted by Gasteiger charge is 1.86. The Labute approximate surface area is 95.6 Å². The first-order valence-corrected chi connectivity index (χ1v) is 5.93. The third-order valence-corrected chi connectivity index (χ3v) is 2.83. The largest absolute Gasteiger partial charge is 0.247 e. The van der Waals surface area contributed by atoms with Crippen molar-refractivity contribution < 1.29 is 4.39 Å². The van der Waals surface area contributed by atoms with Gasteiger partial charge in [-0.15, -0.1) is 20.6 Å². The quantitative estimate of drug-likeness (QED) is 0.646. The summed E-state index contributed by atoms with van der Waals surface area (Å²) in [5, 5.41) is 4.08. The molecule has 2 aromatic rings. The van der Waals surface area contributed by atoms with E-state index in [1.54, 1.807) is 17.4 Å². The van der Waals surface area contributed by atoms with Crippen LogP contribution < -0.4 is 5.30 Å². The minimum absolute atomic E-state index is 0.183. The van der Waals surface area contributed by atoms with Crippen LogP contribution >= 0.6 is 20.6 Å². The molecule has 0 aliphatic rings. The molecule has 0 N–H and O–H groups in total. The highest BCUT2D eigenvalue weighted by Crippen LogP contribution is 2.04. The number of hydrogen-bond donors (Lipinski definition) is 0. The molecule has 0 saturated heterocycles. The Morgan fingerprint density at radius 1 is 1.33 bits per heavy atom. The second kappa shape index (κ2) is 5.94. The maximum absolute atomic E-state index is 12.2. The molecule has 15 heavy (non-hydrogen) atoms. The molecule has 0 radical (unpaired) electrons. The number of rotatable bonds is 0. The summed E-state index contributed by atoms with van der Waals surface area (Å²) >= 11 is 1.69. The summed E-state index contributed by atoms with van der Waals surface area (Å²) in [7, 11) is 2.42. The molecule has 0 aliphatic carbocycles. The highest BCUT2D eigenvalue weighted by atomic mass is 32.1. The van der Waals surface area contributed by atoms with Crippen LogP contribution in [0.2, 0.25) is 0 Å². The van der Waals surface area contributed by atoms with E-state index >= 15 is 0 Å². The smallest absolute Gasteiger partial charge is 0.123 e. The van der Waals surface area contributed by atoms with E-state index in [-0.39, 0.29) is 5.82 Å². The Bertz CT molecular complexity index is 394. The lowest BCUT2D eigenvalue weighted by molar-refractivity contribution is 0.629. The molecule has 1 nitrogen and oxygen atoms in total. The summed E-state index contributed by atoms with van der Waals surface area (Å²) in [6.45, 7) is 4.02. The van der Waals surface area contributed by atoms with E-state index in [9.17, 15) is 4.39 Å². The van der Waals surface area contributed by atoms with Crippen molar-refractivity contribution in [1.29, 1.82) is 0 Å². The average molecular weight is 241 g/mol. The second-order valence-electron chi connectivity index (χ2n) is 3.06. The molecule has 1 heterocycles. The van der Waals surface area contributed by atoms with Gasteiger partial charge in [0, 0.05) is 11.1 Å². The van der Waals surface area contributed by atoms with Gasteiger partial charge >= 0.3 is 0 Å². The molecule has 1 aromatic heterocycles. The number of thiazole rings is 1. The molecule has 4 heteroatoms. The van der Waals surface area contributed by atoms with Crippen LogP contribution in [0.1, 0.15) is 10.7 Å². The molecule has 80 valence electrons. The fraction of sp³-hybridized carbons (Fsp3) is 0.182. The Morgan fingerprint density at radius 3 is 2.33 bits per heavy atom. The van der Waals surface area contributed by atoms with Crippen molar-refractivity contribution in [3.8, 4) is 0 Å². The number of aryl methyl sites for hydroxylation is 2. The summed E-state index contributed by atoms with van der Waals surface area (Å²) in [6.07, 6.45) is 0. The van der Waals surface area contributed by atoms with Gasteiger partial charge in [-0.3, -0.25) is 0 Å². The molecule has 0 amide bonds. The van der Waals surface area contributed by atoms with E-state index in [4.69, 9.17) is 0 Å². The third kappa shape index (κ3) is 5.01. The molecule has 0 bridgehead atoms. The summed E-state index contributed by atoms with van der Waals surface area (Å²) in [4.78, 5) is 4.13. The van der Waals surface area contributed by atoms with E-state index in [0.29, 0.717) is 0 Å². The van der Waals surface area contributed by atoms with Gasteiger partial charge in [-0.2, -0.15) is 0 Å². The van der Waals surface area contributed by atoms with Crippen molar-refractivity contribution in [2.75, 3.05) is 0 Å². The number of benzene rings is 1. The molecule has 1 unspecified atom stereocenters. The number of aromatic nitrogens is 1. The summed E-state index contributed by atoms with van der Waals surface area (Å²) < 4.78 is 12.2. The van der Waals surface area contributed by atoms with Gasteiger partial charge < -0.3 is 0 Å². The number of halogens is 1. The Hall–Kier alpha value is -0.790. The van der Waals surface area contributed by atoms with Crippen LogP contribution in [0.15, 0.2) is 29.6 Å². The van der Waals surface area contributed by atoms with Crippen LogP contribution in [0.5, 0.6) is 0 Å². The fourth-order valence-electron chi connectivity index (χ4n) is 0.978. The van der Waals surface area contributed by atoms with E-state index in [1.165, 1.54) is 12.1 Å². The molecule has 2 rings (SSSR count). The predicted molar refractivity (Wildman–Crippen MR) is 67.3 cm³/mol. The van der Waals surface area contributed by atoms with Crippen LogP contribution in [-0.2, 0) is 0 Å². The van der Waals surface area contributed by atoms with Gasteiger partial charge in [0.1, 0.15) is 5.82 Å². The molecule has 0 aliphatic heterocycles. The minimum atomic E-state index is -0.183. The van der Waals surface area contributed by atoms with Crippen LogP contribution in [0.4, 0.5) is 4.39 Å². The van der Waals surface area contributed by atoms with Crippen molar-refractivity contribution in [2.24, 2.45) is 0 Å². The van der Waals surface area contributed by atoms with Crippen molar-refractivity contribution in [1.82, 2.24) is 4.98 Å². The first-order valence-electron chi connectivity index (χ1n) is 4.47. The highest BCUT2D eigenvalue weighted by molar-refractivity contribution is 7.27. The molecular weight excluding hydrogens is 228 g/mol. The van der Waals surface area contributed by atoms with Crippen molar-refractivity contribution in [2.45, 2.75) is 13.8 Å². The lowest BCUT2D eigenvalue weighted by Crippen LogP contribution is -1.87. The van der Waals surface area contributed by atoms with Gasteiger partial charge in [0.25, 0.3) is 0 Å². The Kier molecular flexibility index (Phi) is 4.86. The third-order valence-electron chi connectivity index (χ3n) is 1.58. The predicted octanol–water partition coefficient (Wildman–Crippen LogP) is 3.09. The van der Waals surface area contributed by atoms with Gasteiger partial charge in [-0.05, 0) is 31.3 Å². The molecule has 0 fully saturated rings. The zero-order valence-corrected chi connectivity index (χ0v) is 10.7. The van der Waals surface area contributed by atoms with Gasteiger partial charge in [0.15, 0.2) is 0 Å². The van der Waals surface area contributed by atoms with Crippen LogP contribution in [0.25, 0.3) is 0 Å². The summed E-state index contributed by atoms with van der Waals surface area (Å²) in [5.74, 6) is -0.183. The number of nitrogens with zero attached hydrogens (tertiary/aromatic N) is 1. The van der Waals surface area contributed by atoms with Gasteiger partial charge in [-0.25, -0.2) is 9.37 Å². The molecule has 0 spiro atoms. The van der Waals surface area contributed by atoms with Gasteiger partial charge in [-0.1, -0.05) is 12.1 Å². The zero-order valence-electron chi connectivity index (χ0n) is 8.70. The summed E-state index contributed by atoms with van der Waals surface area (Å²) in [6, 6.07) is 6.39. The lowest BCUT2D eigenvalue weighted by atomic mass is 10.4. The monoisotopic (exact) mass is 241 g/mol. The minimum Gasteiger partial charge on any atom is -0.247 e. The van der Waals surface area contributed by atoms with Crippen molar-refractivity contribution in [3.63, 3.8) is 0 Å². The van der Waals surface area contributed by atoms with Gasteiger partial charge in [0.05, 0.1) is 5.01 Å². The maximum atomic E-state index is 12.2. The van der Waals surface area contributed by atoms with Crippen LogP contribution in [0.3, 0.4) is 0 Å². The SMILES string of the molecule is Cc1csc(C)n1.Fc1cccc(P)c1. The fourth-order valence-corrected chi connectivity index (χ4v) is 1.84. The van der Waals surface area contributed by atoms with Crippen LogP contribution in [-0.4, -0.2) is 4.98 Å². The average Bonchev–Trinajstić information content (AvgIpc) is 2.50. The van der Waals surface area contributed by atoms with Gasteiger partial charge in [0.2, 0.25) is 0 Å². The number of hydrogen-bond acceptors (Lipinski definition) is 2. The summed E-state index contributed by atoms with van der Waals surface area (Å²) in [5.41, 5.74) is 1.13. The van der Waals surface area contributed by atoms with Crippen molar-refractivity contribution in [3.05, 3.63) is 46.2 Å². The second-order valence-corrected chi connectivity index (χ2v) is 4.79. The van der Waals surface area contributed by atoms with E-state index in [0.717, 1.165) is 16.0 Å². The first kappa shape index (κ1) is 12.3. The molecular formula is C11H13FNPS. The standard InChI is InChI=1S/C6H6FP.C5H7NS/c7-5-2-1-3-6(8)4-5;1-4-3-7-5(2)6-4/h1-4H,8H2;3H,1-2H3. The van der Waals surface area contributed by atoms with E-state index in [2.05, 4.69) is 19.6 Å². The van der Waals surface area contributed by atoms with Crippen LogP contribution in [0, 0.1) is 19.7 Å². The Balaban J connectivity index is 0.000000151. The zero-order chi connectivity index (χ0) is 11.3. The Morgan fingerprint density at radius 2 is 2.07 bits per heavy atom. The molecule has 0 saturated carbocycles.